The van der Waals surface area contributed by atoms with Crippen molar-refractivity contribution in [3.63, 3.8) is 0 Å². The van der Waals surface area contributed by atoms with Gasteiger partial charge < -0.3 is 10.2 Å². The Balaban J connectivity index is 1.39. The van der Waals surface area contributed by atoms with Gasteiger partial charge in [0.25, 0.3) is 10.0 Å². The number of anilines is 1. The Morgan fingerprint density at radius 1 is 0.860 bits per heavy atom. The van der Waals surface area contributed by atoms with Crippen molar-refractivity contribution in [1.29, 1.82) is 0 Å². The topological polar surface area (TPSA) is 86.8 Å². The molecule has 224 valence electrons. The van der Waals surface area contributed by atoms with Gasteiger partial charge in [-0.1, -0.05) is 98.3 Å². The molecule has 1 aliphatic rings. The van der Waals surface area contributed by atoms with Gasteiger partial charge in [0.05, 0.1) is 10.6 Å². The monoisotopic (exact) mass is 597 g/mol. The minimum atomic E-state index is -3.71. The molecule has 43 heavy (non-hydrogen) atoms. The minimum Gasteiger partial charge on any atom is -0.354 e. The van der Waals surface area contributed by atoms with Gasteiger partial charge in [-0.2, -0.15) is 0 Å². The lowest BCUT2D eigenvalue weighted by molar-refractivity contribution is -0.141. The van der Waals surface area contributed by atoms with E-state index in [1.165, 1.54) is 4.31 Å². The maximum atomic E-state index is 14.0. The molecule has 0 bridgehead atoms. The number of hydrogen-bond acceptors (Lipinski definition) is 4. The van der Waals surface area contributed by atoms with Crippen LogP contribution in [-0.4, -0.2) is 44.3 Å². The van der Waals surface area contributed by atoms with Crippen LogP contribution in [-0.2, 0) is 32.6 Å². The van der Waals surface area contributed by atoms with Gasteiger partial charge in [0.15, 0.2) is 0 Å². The van der Waals surface area contributed by atoms with Crippen molar-refractivity contribution in [2.45, 2.75) is 57.5 Å². The minimum absolute atomic E-state index is 0.104. The fraction of sp³-hybridized carbons (Fsp3) is 0.314. The summed E-state index contributed by atoms with van der Waals surface area (Å²) in [5, 5.41) is 4.64. The smallest absolute Gasteiger partial charge is 0.265 e. The predicted molar refractivity (Wildman–Crippen MR) is 171 cm³/mol. The fourth-order valence-electron chi connectivity index (χ4n) is 5.58. The molecule has 0 saturated carbocycles. The quantitative estimate of drug-likeness (QED) is 0.222. The molecule has 1 atom stereocenters. The number of aryl methyl sites for hydroxylation is 1. The van der Waals surface area contributed by atoms with Gasteiger partial charge in [-0.25, -0.2) is 8.42 Å². The van der Waals surface area contributed by atoms with Crippen LogP contribution in [0, 0.1) is 12.8 Å². The summed E-state index contributed by atoms with van der Waals surface area (Å²) in [4.78, 5) is 29.6. The molecule has 1 N–H and O–H groups in total. The highest BCUT2D eigenvalue weighted by atomic mass is 32.2. The lowest BCUT2D eigenvalue weighted by Crippen LogP contribution is -2.51. The SMILES string of the molecule is Cc1ccc(CN(C(=O)CCCN2c3cccc4cccc(c34)S2(=O)=O)C(Cc2ccccc2)C(=O)NCC(C)C)cc1. The standard InChI is InChI=1S/C35H39N3O4S/c1-25(2)23-36-35(40)31(22-27-10-5-4-6-11-27)37(24-28-19-17-26(3)18-20-28)33(39)16-9-21-38-30-14-7-12-29-13-8-15-32(34(29)30)43(38,41)42/h4-8,10-15,17-20,25,31H,9,16,21-24H2,1-3H3,(H,36,40). The third-order valence-corrected chi connectivity index (χ3v) is 9.72. The summed E-state index contributed by atoms with van der Waals surface area (Å²) in [6.07, 6.45) is 0.797. The summed E-state index contributed by atoms with van der Waals surface area (Å²) >= 11 is 0. The zero-order chi connectivity index (χ0) is 30.6. The van der Waals surface area contributed by atoms with E-state index < -0.39 is 16.1 Å². The molecule has 8 heteroatoms. The molecule has 0 radical (unpaired) electrons. The van der Waals surface area contributed by atoms with Crippen LogP contribution in [0.4, 0.5) is 5.69 Å². The number of hydrogen-bond donors (Lipinski definition) is 1. The molecule has 0 aliphatic carbocycles. The van der Waals surface area contributed by atoms with E-state index >= 15 is 0 Å². The predicted octanol–water partition coefficient (Wildman–Crippen LogP) is 5.85. The molecule has 4 aromatic rings. The number of sulfonamides is 1. The Morgan fingerprint density at radius 2 is 1.56 bits per heavy atom. The molecule has 1 heterocycles. The molecule has 0 spiro atoms. The van der Waals surface area contributed by atoms with Crippen LogP contribution in [0.25, 0.3) is 10.8 Å². The van der Waals surface area contributed by atoms with Crippen molar-refractivity contribution in [2.24, 2.45) is 5.92 Å². The summed E-state index contributed by atoms with van der Waals surface area (Å²) in [7, 11) is -3.71. The summed E-state index contributed by atoms with van der Waals surface area (Å²) in [6.45, 7) is 7.03. The first-order chi connectivity index (χ1) is 20.6. The molecule has 4 aromatic carbocycles. The number of nitrogens with zero attached hydrogens (tertiary/aromatic N) is 2. The first kappa shape index (κ1) is 30.3. The lowest BCUT2D eigenvalue weighted by Gasteiger charge is -2.32. The van der Waals surface area contributed by atoms with Gasteiger partial charge in [-0.05, 0) is 47.9 Å². The second-order valence-corrected chi connectivity index (χ2v) is 13.5. The molecular weight excluding hydrogens is 558 g/mol. The number of amides is 2. The van der Waals surface area contributed by atoms with Crippen LogP contribution in [0.2, 0.25) is 0 Å². The fourth-order valence-corrected chi connectivity index (χ4v) is 7.33. The summed E-state index contributed by atoms with van der Waals surface area (Å²) in [5.74, 6) is -0.116. The molecule has 0 aromatic heterocycles. The first-order valence-electron chi connectivity index (χ1n) is 14.9. The number of rotatable bonds is 12. The van der Waals surface area contributed by atoms with Gasteiger partial charge in [0, 0.05) is 37.9 Å². The molecule has 7 nitrogen and oxygen atoms in total. The van der Waals surface area contributed by atoms with Crippen molar-refractivity contribution in [3.8, 4) is 0 Å². The normalized spacial score (nSPS) is 14.2. The van der Waals surface area contributed by atoms with Crippen LogP contribution in [0.1, 0.15) is 43.4 Å². The zero-order valence-electron chi connectivity index (χ0n) is 25.0. The van der Waals surface area contributed by atoms with Gasteiger partial charge in [0.2, 0.25) is 11.8 Å². The Labute approximate surface area is 254 Å². The number of nitrogens with one attached hydrogen (secondary N) is 1. The highest BCUT2D eigenvalue weighted by molar-refractivity contribution is 7.93. The lowest BCUT2D eigenvalue weighted by atomic mass is 10.0. The number of benzene rings is 4. The maximum Gasteiger partial charge on any atom is 0.265 e. The Bertz CT molecular complexity index is 1700. The van der Waals surface area contributed by atoms with E-state index in [0.29, 0.717) is 30.0 Å². The van der Waals surface area contributed by atoms with Crippen molar-refractivity contribution in [1.82, 2.24) is 10.2 Å². The Hall–Kier alpha value is -4.17. The highest BCUT2D eigenvalue weighted by Gasteiger charge is 2.36. The Kier molecular flexibility index (Phi) is 9.16. The van der Waals surface area contributed by atoms with E-state index in [9.17, 15) is 18.0 Å². The molecular formula is C35H39N3O4S. The third-order valence-electron chi connectivity index (χ3n) is 7.86. The van der Waals surface area contributed by atoms with Crippen molar-refractivity contribution in [3.05, 3.63) is 108 Å². The molecule has 2 amide bonds. The molecule has 1 aliphatic heterocycles. The van der Waals surface area contributed by atoms with Crippen LogP contribution in [0.3, 0.4) is 0 Å². The maximum absolute atomic E-state index is 14.0. The van der Waals surface area contributed by atoms with Crippen molar-refractivity contribution >= 4 is 38.3 Å². The van der Waals surface area contributed by atoms with Crippen LogP contribution < -0.4 is 9.62 Å². The highest BCUT2D eigenvalue weighted by Crippen LogP contribution is 2.42. The summed E-state index contributed by atoms with van der Waals surface area (Å²) in [6, 6.07) is 27.8. The van der Waals surface area contributed by atoms with Gasteiger partial charge >= 0.3 is 0 Å². The van der Waals surface area contributed by atoms with E-state index in [1.807, 2.05) is 99.6 Å². The second-order valence-electron chi connectivity index (χ2n) is 11.7. The van der Waals surface area contributed by atoms with Crippen LogP contribution in [0.5, 0.6) is 0 Å². The number of carbonyl (C=O) groups excluding carboxylic acids is 2. The molecule has 1 unspecified atom stereocenters. The van der Waals surface area contributed by atoms with E-state index in [0.717, 1.165) is 27.5 Å². The molecule has 5 rings (SSSR count). The number of carbonyl (C=O) groups is 2. The largest absolute Gasteiger partial charge is 0.354 e. The third kappa shape index (κ3) is 6.75. The van der Waals surface area contributed by atoms with E-state index in [-0.39, 0.29) is 37.2 Å². The zero-order valence-corrected chi connectivity index (χ0v) is 25.8. The molecule has 0 fully saturated rings. The van der Waals surface area contributed by atoms with Gasteiger partial charge in [0.1, 0.15) is 6.04 Å². The van der Waals surface area contributed by atoms with Gasteiger partial charge in [-0.3, -0.25) is 13.9 Å². The van der Waals surface area contributed by atoms with E-state index in [2.05, 4.69) is 5.32 Å². The van der Waals surface area contributed by atoms with E-state index in [4.69, 9.17) is 0 Å². The summed E-state index contributed by atoms with van der Waals surface area (Å²) < 4.78 is 28.3. The van der Waals surface area contributed by atoms with Gasteiger partial charge in [-0.15, -0.1) is 0 Å². The summed E-state index contributed by atoms with van der Waals surface area (Å²) in [5.41, 5.74) is 3.65. The Morgan fingerprint density at radius 3 is 2.26 bits per heavy atom. The van der Waals surface area contributed by atoms with E-state index in [1.54, 1.807) is 17.0 Å². The van der Waals surface area contributed by atoms with Crippen LogP contribution in [0.15, 0.2) is 95.9 Å². The average Bonchev–Trinajstić information content (AvgIpc) is 3.22. The van der Waals surface area contributed by atoms with Crippen molar-refractivity contribution in [2.75, 3.05) is 17.4 Å². The first-order valence-corrected chi connectivity index (χ1v) is 16.3. The molecule has 0 saturated heterocycles. The van der Waals surface area contributed by atoms with Crippen molar-refractivity contribution < 1.29 is 18.0 Å². The average molecular weight is 598 g/mol. The van der Waals surface area contributed by atoms with Crippen LogP contribution >= 0.6 is 0 Å². The second kappa shape index (κ2) is 13.0.